The summed E-state index contributed by atoms with van der Waals surface area (Å²) in [7, 11) is 3.00. The summed E-state index contributed by atoms with van der Waals surface area (Å²) in [4.78, 5) is 50.2. The number of ether oxygens (including phenoxy) is 3. The highest BCUT2D eigenvalue weighted by Gasteiger charge is 2.17. The van der Waals surface area contributed by atoms with Crippen LogP contribution >= 0.6 is 0 Å². The maximum atomic E-state index is 11.9. The lowest BCUT2D eigenvalue weighted by Crippen LogP contribution is -2.32. The zero-order chi connectivity index (χ0) is 20.0. The molecule has 0 aliphatic heterocycles. The molecule has 0 aliphatic carbocycles. The number of methoxy groups -OCH3 is 2. The summed E-state index contributed by atoms with van der Waals surface area (Å²) in [6.07, 6.45) is 0. The van der Waals surface area contributed by atoms with E-state index in [1.54, 1.807) is 18.2 Å². The molecule has 2 aromatic rings. The zero-order valence-electron chi connectivity index (χ0n) is 14.6. The number of benzene rings is 1. The number of carbonyl (C=O) groups excluding carboxylic acids is 2. The number of aromatic amines is 2. The molecule has 144 valence electrons. The van der Waals surface area contributed by atoms with Gasteiger partial charge in [0.1, 0.15) is 5.69 Å². The molecule has 0 bridgehead atoms. The lowest BCUT2D eigenvalue weighted by Gasteiger charge is -2.10. The summed E-state index contributed by atoms with van der Waals surface area (Å²) in [6.45, 7) is -0.471. The molecule has 0 atom stereocenters. The standard InChI is InChI=1S/C16H18N4O7/c1-25-9-4-3-8(5-10(9)26-2)6-18-11(21)7-27-15(23)13-12(17)14(22)20-16(24)19-13/h3-5H,6-7,17H2,1-2H3,(H,18,21)(H2,19,20,22,24). The van der Waals surface area contributed by atoms with Gasteiger partial charge in [-0.1, -0.05) is 6.07 Å². The van der Waals surface area contributed by atoms with Crippen LogP contribution < -0.4 is 31.8 Å². The third-order valence-electron chi connectivity index (χ3n) is 3.46. The predicted octanol–water partition coefficient (Wildman–Crippen LogP) is -0.864. The van der Waals surface area contributed by atoms with Gasteiger partial charge in [0.15, 0.2) is 23.8 Å². The van der Waals surface area contributed by atoms with Crippen molar-refractivity contribution in [3.05, 3.63) is 50.3 Å². The van der Waals surface area contributed by atoms with Gasteiger partial charge in [-0.2, -0.15) is 0 Å². The summed E-state index contributed by atoms with van der Waals surface area (Å²) in [6, 6.07) is 5.11. The molecule has 0 unspecified atom stereocenters. The van der Waals surface area contributed by atoms with E-state index in [0.29, 0.717) is 11.5 Å². The first-order valence-electron chi connectivity index (χ1n) is 7.62. The van der Waals surface area contributed by atoms with Gasteiger partial charge < -0.3 is 25.3 Å². The van der Waals surface area contributed by atoms with Crippen molar-refractivity contribution in [1.29, 1.82) is 0 Å². The Hall–Kier alpha value is -3.76. The van der Waals surface area contributed by atoms with E-state index in [-0.39, 0.29) is 6.54 Å². The first-order chi connectivity index (χ1) is 12.8. The third-order valence-corrected chi connectivity index (χ3v) is 3.46. The molecule has 2 rings (SSSR count). The number of esters is 1. The first-order valence-corrected chi connectivity index (χ1v) is 7.62. The molecule has 0 spiro atoms. The Morgan fingerprint density at radius 2 is 1.81 bits per heavy atom. The van der Waals surface area contributed by atoms with E-state index in [1.165, 1.54) is 14.2 Å². The molecule has 11 heteroatoms. The Morgan fingerprint density at radius 1 is 1.11 bits per heavy atom. The Labute approximate surface area is 152 Å². The third kappa shape index (κ3) is 4.87. The van der Waals surface area contributed by atoms with Crippen molar-refractivity contribution in [3.8, 4) is 11.5 Å². The number of nitrogens with one attached hydrogen (secondary N) is 3. The van der Waals surface area contributed by atoms with Crippen LogP contribution in [0, 0.1) is 0 Å². The number of carbonyl (C=O) groups is 2. The van der Waals surface area contributed by atoms with E-state index in [9.17, 15) is 19.2 Å². The van der Waals surface area contributed by atoms with Crippen LogP contribution in [0.2, 0.25) is 0 Å². The van der Waals surface area contributed by atoms with Crippen LogP contribution in [-0.4, -0.2) is 42.7 Å². The Morgan fingerprint density at radius 3 is 2.48 bits per heavy atom. The molecule has 1 aromatic heterocycles. The van der Waals surface area contributed by atoms with Gasteiger partial charge in [-0.05, 0) is 17.7 Å². The smallest absolute Gasteiger partial charge is 0.357 e. The topological polar surface area (TPSA) is 166 Å². The van der Waals surface area contributed by atoms with Gasteiger partial charge in [0.2, 0.25) is 0 Å². The average molecular weight is 378 g/mol. The number of anilines is 1. The van der Waals surface area contributed by atoms with Gasteiger partial charge in [-0.25, -0.2) is 9.59 Å². The molecule has 27 heavy (non-hydrogen) atoms. The summed E-state index contributed by atoms with van der Waals surface area (Å²) in [5.74, 6) is -0.642. The molecule has 0 fully saturated rings. The molecule has 0 saturated carbocycles. The summed E-state index contributed by atoms with van der Waals surface area (Å²) >= 11 is 0. The maximum absolute atomic E-state index is 11.9. The van der Waals surface area contributed by atoms with Gasteiger partial charge in [0.05, 0.1) is 14.2 Å². The van der Waals surface area contributed by atoms with E-state index < -0.39 is 41.1 Å². The van der Waals surface area contributed by atoms with Gasteiger partial charge in [-0.3, -0.25) is 19.6 Å². The maximum Gasteiger partial charge on any atom is 0.357 e. The lowest BCUT2D eigenvalue weighted by atomic mass is 10.2. The van der Waals surface area contributed by atoms with Crippen LogP contribution in [0.15, 0.2) is 27.8 Å². The second kappa shape index (κ2) is 8.56. The number of rotatable bonds is 7. The number of aromatic nitrogens is 2. The van der Waals surface area contributed by atoms with Crippen LogP contribution in [0.3, 0.4) is 0 Å². The predicted molar refractivity (Wildman–Crippen MR) is 93.8 cm³/mol. The second-order valence-electron chi connectivity index (χ2n) is 5.24. The minimum absolute atomic E-state index is 0.153. The summed E-state index contributed by atoms with van der Waals surface area (Å²) in [5, 5.41) is 2.55. The second-order valence-corrected chi connectivity index (χ2v) is 5.24. The quantitative estimate of drug-likeness (QED) is 0.452. The largest absolute Gasteiger partial charge is 0.493 e. The molecule has 0 aliphatic rings. The summed E-state index contributed by atoms with van der Waals surface area (Å²) < 4.78 is 15.0. The van der Waals surface area contributed by atoms with Crippen molar-refractivity contribution in [1.82, 2.24) is 15.3 Å². The van der Waals surface area contributed by atoms with E-state index in [4.69, 9.17) is 19.9 Å². The fourth-order valence-electron chi connectivity index (χ4n) is 2.10. The van der Waals surface area contributed by atoms with E-state index in [1.807, 2.05) is 4.98 Å². The minimum Gasteiger partial charge on any atom is -0.493 e. The van der Waals surface area contributed by atoms with Gasteiger partial charge in [0.25, 0.3) is 11.5 Å². The number of hydrogen-bond donors (Lipinski definition) is 4. The van der Waals surface area contributed by atoms with Crippen molar-refractivity contribution >= 4 is 17.6 Å². The average Bonchev–Trinajstić information content (AvgIpc) is 2.66. The minimum atomic E-state index is -1.10. The molecule has 1 amide bonds. The Bertz CT molecular complexity index is 964. The van der Waals surface area contributed by atoms with Crippen molar-refractivity contribution in [2.75, 3.05) is 26.6 Å². The van der Waals surface area contributed by atoms with Crippen LogP contribution in [0.25, 0.3) is 0 Å². The molecule has 1 heterocycles. The fraction of sp³-hybridized carbons (Fsp3) is 0.250. The van der Waals surface area contributed by atoms with Crippen LogP contribution in [0.4, 0.5) is 5.69 Å². The summed E-state index contributed by atoms with van der Waals surface area (Å²) in [5.41, 5.74) is 3.27. The molecule has 5 N–H and O–H groups in total. The number of hydrogen-bond acceptors (Lipinski definition) is 8. The van der Waals surface area contributed by atoms with Crippen molar-refractivity contribution in [2.24, 2.45) is 0 Å². The molecule has 0 saturated heterocycles. The van der Waals surface area contributed by atoms with Gasteiger partial charge in [0, 0.05) is 6.54 Å². The normalized spacial score (nSPS) is 10.1. The molecule has 11 nitrogen and oxygen atoms in total. The van der Waals surface area contributed by atoms with Gasteiger partial charge in [-0.15, -0.1) is 0 Å². The molecular formula is C16H18N4O7. The van der Waals surface area contributed by atoms with Crippen molar-refractivity contribution in [3.63, 3.8) is 0 Å². The van der Waals surface area contributed by atoms with Crippen molar-refractivity contribution in [2.45, 2.75) is 6.54 Å². The highest BCUT2D eigenvalue weighted by atomic mass is 16.5. The highest BCUT2D eigenvalue weighted by molar-refractivity contribution is 5.93. The number of amides is 1. The van der Waals surface area contributed by atoms with E-state index in [2.05, 4.69) is 10.3 Å². The number of nitrogens with two attached hydrogens (primary N) is 1. The van der Waals surface area contributed by atoms with Gasteiger partial charge >= 0.3 is 11.7 Å². The highest BCUT2D eigenvalue weighted by Crippen LogP contribution is 2.27. The molecular weight excluding hydrogens is 360 g/mol. The van der Waals surface area contributed by atoms with E-state index >= 15 is 0 Å². The fourth-order valence-corrected chi connectivity index (χ4v) is 2.10. The van der Waals surface area contributed by atoms with Crippen molar-refractivity contribution < 1.29 is 23.8 Å². The first kappa shape index (κ1) is 19.6. The Balaban J connectivity index is 1.92. The van der Waals surface area contributed by atoms with E-state index in [0.717, 1.165) is 5.56 Å². The van der Waals surface area contributed by atoms with Crippen LogP contribution in [0.1, 0.15) is 16.1 Å². The Kier molecular flexibility index (Phi) is 6.20. The number of H-pyrrole nitrogens is 2. The monoisotopic (exact) mass is 378 g/mol. The zero-order valence-corrected chi connectivity index (χ0v) is 14.6. The van der Waals surface area contributed by atoms with Crippen LogP contribution in [-0.2, 0) is 16.1 Å². The van der Waals surface area contributed by atoms with Crippen LogP contribution in [0.5, 0.6) is 11.5 Å². The number of nitrogen functional groups attached to an aromatic ring is 1. The molecule has 1 aromatic carbocycles. The SMILES string of the molecule is COc1ccc(CNC(=O)COC(=O)c2[nH]c(=O)[nH]c(=O)c2N)cc1OC. The lowest BCUT2D eigenvalue weighted by molar-refractivity contribution is -0.124. The molecule has 0 radical (unpaired) electrons.